The van der Waals surface area contributed by atoms with E-state index in [0.717, 1.165) is 16.9 Å². The summed E-state index contributed by atoms with van der Waals surface area (Å²) in [6, 6.07) is 5.22. The number of rotatable bonds is 2. The van der Waals surface area contributed by atoms with Crippen LogP contribution in [0.1, 0.15) is 20.8 Å². The van der Waals surface area contributed by atoms with Crippen molar-refractivity contribution in [2.75, 3.05) is 12.9 Å². The number of benzene rings is 1. The number of hydrogen-bond acceptors (Lipinski definition) is 7. The van der Waals surface area contributed by atoms with Crippen molar-refractivity contribution in [1.29, 1.82) is 0 Å². The van der Waals surface area contributed by atoms with Gasteiger partial charge in [0.05, 0.1) is 28.3 Å². The number of esters is 1. The quantitative estimate of drug-likeness (QED) is 0.441. The van der Waals surface area contributed by atoms with Crippen LogP contribution in [0.15, 0.2) is 33.3 Å². The number of nitrogens with zero attached hydrogens (tertiary/aromatic N) is 3. The predicted molar refractivity (Wildman–Crippen MR) is 109 cm³/mol. The third-order valence-electron chi connectivity index (χ3n) is 4.10. The molecule has 0 radical (unpaired) electrons. The number of thioether (sulfide) groups is 1. The molecule has 0 spiro atoms. The molecule has 3 heterocycles. The summed E-state index contributed by atoms with van der Waals surface area (Å²) < 4.78 is 6.06. The van der Waals surface area contributed by atoms with Gasteiger partial charge in [-0.15, -0.1) is 11.3 Å². The van der Waals surface area contributed by atoms with E-state index in [9.17, 15) is 9.59 Å². The number of thiophene rings is 1. The first-order chi connectivity index (χ1) is 12.9. The van der Waals surface area contributed by atoms with E-state index in [4.69, 9.17) is 27.9 Å². The number of carbonyl (C=O) groups excluding carboxylic acids is 1. The summed E-state index contributed by atoms with van der Waals surface area (Å²) >= 11 is 14.6. The number of methoxy groups -OCH3 is 1. The fourth-order valence-corrected chi connectivity index (χ4v) is 5.06. The lowest BCUT2D eigenvalue weighted by molar-refractivity contribution is 0.0605. The Labute approximate surface area is 171 Å². The monoisotopic (exact) mass is 439 g/mol. The predicted octanol–water partition coefficient (Wildman–Crippen LogP) is 4.22. The van der Waals surface area contributed by atoms with Crippen LogP contribution in [0.5, 0.6) is 0 Å². The lowest BCUT2D eigenvalue weighted by Crippen LogP contribution is -2.25. The zero-order valence-corrected chi connectivity index (χ0v) is 17.2. The van der Waals surface area contributed by atoms with E-state index in [1.54, 1.807) is 25.1 Å². The first-order valence-corrected chi connectivity index (χ1v) is 10.3. The van der Waals surface area contributed by atoms with Gasteiger partial charge in [0, 0.05) is 11.3 Å². The van der Waals surface area contributed by atoms with Crippen LogP contribution < -0.4 is 5.56 Å². The van der Waals surface area contributed by atoms with Crippen molar-refractivity contribution in [2.45, 2.75) is 12.1 Å². The molecule has 0 atom stereocenters. The maximum atomic E-state index is 13.0. The minimum absolute atomic E-state index is 0.316. The minimum atomic E-state index is -0.481. The topological polar surface area (TPSA) is 73.5 Å². The van der Waals surface area contributed by atoms with Crippen LogP contribution in [-0.2, 0) is 4.74 Å². The molecule has 0 fully saturated rings. The van der Waals surface area contributed by atoms with E-state index in [1.165, 1.54) is 23.5 Å². The van der Waals surface area contributed by atoms with E-state index >= 15 is 0 Å². The summed E-state index contributed by atoms with van der Waals surface area (Å²) in [5, 5.41) is 6.21. The van der Waals surface area contributed by atoms with Gasteiger partial charge in [-0.2, -0.15) is 9.78 Å². The SMILES string of the molecule is COC(=O)c1sc2nc3n(c(=O)c2c1C)N=C(c1ccc(Cl)c(Cl)c1)CS3. The fraction of sp³-hybridized carbons (Fsp3) is 0.176. The second-order valence-corrected chi connectivity index (χ2v) is 8.46. The molecule has 0 bridgehead atoms. The van der Waals surface area contributed by atoms with Crippen LogP contribution in [0.4, 0.5) is 0 Å². The van der Waals surface area contributed by atoms with Crippen molar-refractivity contribution >= 4 is 68.2 Å². The summed E-state index contributed by atoms with van der Waals surface area (Å²) in [5.74, 6) is 0.0509. The molecule has 0 aliphatic carbocycles. The van der Waals surface area contributed by atoms with Crippen molar-refractivity contribution in [1.82, 2.24) is 9.66 Å². The highest BCUT2D eigenvalue weighted by Gasteiger charge is 2.24. The van der Waals surface area contributed by atoms with Crippen LogP contribution >= 0.6 is 46.3 Å². The molecule has 1 aliphatic rings. The number of fused-ring (bicyclic) bond motifs is 2. The largest absolute Gasteiger partial charge is 0.465 e. The Morgan fingerprint density at radius 3 is 2.78 bits per heavy atom. The maximum absolute atomic E-state index is 13.0. The Bertz CT molecular complexity index is 1200. The fourth-order valence-electron chi connectivity index (χ4n) is 2.72. The van der Waals surface area contributed by atoms with E-state index in [1.807, 2.05) is 0 Å². The van der Waals surface area contributed by atoms with Crippen LogP contribution in [0.25, 0.3) is 10.2 Å². The molecule has 0 N–H and O–H groups in total. The molecule has 0 saturated heterocycles. The minimum Gasteiger partial charge on any atom is -0.465 e. The number of aromatic nitrogens is 2. The Balaban J connectivity index is 1.90. The third-order valence-corrected chi connectivity index (χ3v) is 6.94. The van der Waals surface area contributed by atoms with Gasteiger partial charge in [0.2, 0.25) is 0 Å². The summed E-state index contributed by atoms with van der Waals surface area (Å²) in [7, 11) is 1.31. The molecule has 0 amide bonds. The van der Waals surface area contributed by atoms with Crippen LogP contribution in [-0.4, -0.2) is 34.2 Å². The van der Waals surface area contributed by atoms with Gasteiger partial charge in [-0.05, 0) is 24.6 Å². The second kappa shape index (κ2) is 6.94. The Kier molecular flexibility index (Phi) is 4.75. The van der Waals surface area contributed by atoms with Crippen molar-refractivity contribution < 1.29 is 9.53 Å². The standard InChI is InChI=1S/C17H11Cl2N3O3S2/c1-7-12-14(27-13(7)16(24)25-2)20-17-22(15(12)23)21-11(6-26-17)8-3-4-9(18)10(19)5-8/h3-5H,6H2,1-2H3. The highest BCUT2D eigenvalue weighted by Crippen LogP contribution is 2.31. The van der Waals surface area contributed by atoms with E-state index in [-0.39, 0.29) is 5.56 Å². The van der Waals surface area contributed by atoms with Gasteiger partial charge in [-0.25, -0.2) is 9.78 Å². The van der Waals surface area contributed by atoms with E-state index in [2.05, 4.69) is 10.1 Å². The lowest BCUT2D eigenvalue weighted by atomic mass is 10.1. The van der Waals surface area contributed by atoms with Gasteiger partial charge >= 0.3 is 5.97 Å². The van der Waals surface area contributed by atoms with E-state index in [0.29, 0.717) is 47.3 Å². The molecule has 0 saturated carbocycles. The molecule has 1 aromatic carbocycles. The van der Waals surface area contributed by atoms with Gasteiger partial charge in [0.1, 0.15) is 9.71 Å². The van der Waals surface area contributed by atoms with Gasteiger partial charge in [-0.1, -0.05) is 41.0 Å². The molecule has 27 heavy (non-hydrogen) atoms. The summed E-state index contributed by atoms with van der Waals surface area (Å²) in [5.41, 5.74) is 1.71. The molecular formula is C17H11Cl2N3O3S2. The van der Waals surface area contributed by atoms with Crippen molar-refractivity contribution in [3.63, 3.8) is 0 Å². The van der Waals surface area contributed by atoms with Gasteiger partial charge in [-0.3, -0.25) is 4.79 Å². The number of aryl methyl sites for hydroxylation is 1. The van der Waals surface area contributed by atoms with Crippen LogP contribution in [0.3, 0.4) is 0 Å². The summed E-state index contributed by atoms with van der Waals surface area (Å²) in [4.78, 5) is 30.3. The van der Waals surface area contributed by atoms with Gasteiger partial charge in [0.15, 0.2) is 5.16 Å². The number of halogens is 2. The van der Waals surface area contributed by atoms with Crippen molar-refractivity contribution in [3.8, 4) is 0 Å². The summed E-state index contributed by atoms with van der Waals surface area (Å²) in [6.07, 6.45) is 0. The molecular weight excluding hydrogens is 429 g/mol. The molecule has 1 aliphatic heterocycles. The molecule has 3 aromatic rings. The number of ether oxygens (including phenoxy) is 1. The van der Waals surface area contributed by atoms with Gasteiger partial charge in [0.25, 0.3) is 5.56 Å². The van der Waals surface area contributed by atoms with Gasteiger partial charge < -0.3 is 4.74 Å². The van der Waals surface area contributed by atoms with Crippen LogP contribution in [0.2, 0.25) is 10.0 Å². The molecule has 138 valence electrons. The van der Waals surface area contributed by atoms with E-state index < -0.39 is 5.97 Å². The number of carbonyl (C=O) groups is 1. The lowest BCUT2D eigenvalue weighted by Gasteiger charge is -2.16. The Morgan fingerprint density at radius 2 is 2.07 bits per heavy atom. The first-order valence-electron chi connectivity index (χ1n) is 7.71. The molecule has 6 nitrogen and oxygen atoms in total. The second-order valence-electron chi connectivity index (χ2n) is 5.70. The zero-order chi connectivity index (χ0) is 19.3. The van der Waals surface area contributed by atoms with Crippen molar-refractivity contribution in [3.05, 3.63) is 54.6 Å². The molecule has 2 aromatic heterocycles. The molecule has 4 rings (SSSR count). The van der Waals surface area contributed by atoms with Crippen molar-refractivity contribution in [2.24, 2.45) is 5.10 Å². The van der Waals surface area contributed by atoms with Crippen LogP contribution in [0, 0.1) is 6.92 Å². The first kappa shape index (κ1) is 18.5. The third kappa shape index (κ3) is 3.06. The zero-order valence-electron chi connectivity index (χ0n) is 14.1. The highest BCUT2D eigenvalue weighted by molar-refractivity contribution is 7.99. The average Bonchev–Trinajstić information content (AvgIpc) is 3.00. The molecule has 0 unspecified atom stereocenters. The smallest absolute Gasteiger partial charge is 0.348 e. The maximum Gasteiger partial charge on any atom is 0.348 e. The number of hydrogen-bond donors (Lipinski definition) is 0. The highest BCUT2D eigenvalue weighted by atomic mass is 35.5. The summed E-state index contributed by atoms with van der Waals surface area (Å²) in [6.45, 7) is 1.71. The Hall–Kier alpha value is -1.87. The molecule has 10 heteroatoms. The normalized spacial score (nSPS) is 13.4. The average molecular weight is 440 g/mol. The Morgan fingerprint density at radius 1 is 1.30 bits per heavy atom.